The smallest absolute Gasteiger partial charge is 0.119 e. The van der Waals surface area contributed by atoms with E-state index in [-0.39, 0.29) is 0 Å². The number of unbranched alkanes of at least 4 members (excludes halogenated alkanes) is 3. The highest BCUT2D eigenvalue weighted by Crippen LogP contribution is 2.23. The van der Waals surface area contributed by atoms with Gasteiger partial charge in [-0.1, -0.05) is 31.1 Å². The van der Waals surface area contributed by atoms with Gasteiger partial charge in [-0.15, -0.1) is 6.58 Å². The molecule has 106 valence electrons. The predicted molar refractivity (Wildman–Crippen MR) is 82.7 cm³/mol. The van der Waals surface area contributed by atoms with Crippen LogP contribution in [0.15, 0.2) is 36.9 Å². The SMILES string of the molecule is C=CCCCCCC(NC)c1cccc(OCC)c1. The third-order valence-electron chi connectivity index (χ3n) is 3.32. The molecule has 0 aliphatic heterocycles. The highest BCUT2D eigenvalue weighted by atomic mass is 16.5. The Morgan fingerprint density at radius 3 is 2.84 bits per heavy atom. The molecular weight excluding hydrogens is 234 g/mol. The van der Waals surface area contributed by atoms with Crippen molar-refractivity contribution >= 4 is 0 Å². The predicted octanol–water partition coefficient (Wildman–Crippen LogP) is 4.48. The van der Waals surface area contributed by atoms with Gasteiger partial charge in [-0.05, 0) is 50.9 Å². The van der Waals surface area contributed by atoms with Crippen LogP contribution >= 0.6 is 0 Å². The molecule has 2 heteroatoms. The van der Waals surface area contributed by atoms with Crippen LogP contribution in [0.1, 0.15) is 50.6 Å². The fourth-order valence-corrected chi connectivity index (χ4v) is 2.28. The Labute approximate surface area is 117 Å². The minimum atomic E-state index is 0.420. The maximum atomic E-state index is 5.56. The van der Waals surface area contributed by atoms with Crippen molar-refractivity contribution in [1.29, 1.82) is 0 Å². The lowest BCUT2D eigenvalue weighted by molar-refractivity contribution is 0.339. The first-order valence-corrected chi connectivity index (χ1v) is 7.32. The summed E-state index contributed by atoms with van der Waals surface area (Å²) in [6.07, 6.45) is 8.07. The molecule has 0 saturated carbocycles. The number of benzene rings is 1. The van der Waals surface area contributed by atoms with Gasteiger partial charge in [0, 0.05) is 6.04 Å². The molecule has 1 atom stereocenters. The lowest BCUT2D eigenvalue weighted by Gasteiger charge is -2.17. The summed E-state index contributed by atoms with van der Waals surface area (Å²) in [7, 11) is 2.03. The lowest BCUT2D eigenvalue weighted by Crippen LogP contribution is -2.16. The molecule has 0 heterocycles. The summed E-state index contributed by atoms with van der Waals surface area (Å²) in [4.78, 5) is 0. The molecule has 0 spiro atoms. The molecular formula is C17H27NO. The van der Waals surface area contributed by atoms with Crippen LogP contribution in [0, 0.1) is 0 Å². The Morgan fingerprint density at radius 1 is 1.32 bits per heavy atom. The molecule has 1 unspecified atom stereocenters. The number of nitrogens with one attached hydrogen (secondary N) is 1. The average Bonchev–Trinajstić information content (AvgIpc) is 2.43. The van der Waals surface area contributed by atoms with Crippen molar-refractivity contribution in [2.75, 3.05) is 13.7 Å². The first-order chi connectivity index (χ1) is 9.31. The summed E-state index contributed by atoms with van der Waals surface area (Å²) in [6, 6.07) is 8.83. The number of rotatable bonds is 10. The highest BCUT2D eigenvalue weighted by molar-refractivity contribution is 5.30. The van der Waals surface area contributed by atoms with Gasteiger partial charge >= 0.3 is 0 Å². The van der Waals surface area contributed by atoms with Gasteiger partial charge in [0.05, 0.1) is 6.61 Å². The number of allylic oxidation sites excluding steroid dienone is 1. The Bertz CT molecular complexity index is 362. The number of ether oxygens (including phenoxy) is 1. The molecule has 0 radical (unpaired) electrons. The maximum Gasteiger partial charge on any atom is 0.119 e. The molecule has 0 amide bonds. The minimum absolute atomic E-state index is 0.420. The van der Waals surface area contributed by atoms with Gasteiger partial charge in [-0.3, -0.25) is 0 Å². The van der Waals surface area contributed by atoms with Gasteiger partial charge in [-0.25, -0.2) is 0 Å². The molecule has 1 rings (SSSR count). The topological polar surface area (TPSA) is 21.3 Å². The first kappa shape index (κ1) is 15.8. The molecule has 0 fully saturated rings. The van der Waals surface area contributed by atoms with Crippen LogP contribution in [0.2, 0.25) is 0 Å². The fraction of sp³-hybridized carbons (Fsp3) is 0.529. The van der Waals surface area contributed by atoms with E-state index in [1.165, 1.54) is 31.2 Å². The molecule has 0 aromatic heterocycles. The van der Waals surface area contributed by atoms with E-state index in [0.29, 0.717) is 6.04 Å². The first-order valence-electron chi connectivity index (χ1n) is 7.32. The van der Waals surface area contributed by atoms with Crippen molar-refractivity contribution in [2.45, 2.75) is 45.1 Å². The molecule has 0 bridgehead atoms. The van der Waals surface area contributed by atoms with E-state index in [0.717, 1.165) is 18.8 Å². The van der Waals surface area contributed by atoms with Crippen molar-refractivity contribution in [3.63, 3.8) is 0 Å². The van der Waals surface area contributed by atoms with E-state index in [1.807, 2.05) is 26.1 Å². The molecule has 1 aromatic rings. The van der Waals surface area contributed by atoms with Crippen LogP contribution in [0.3, 0.4) is 0 Å². The highest BCUT2D eigenvalue weighted by Gasteiger charge is 2.09. The molecule has 0 saturated heterocycles. The summed E-state index contributed by atoms with van der Waals surface area (Å²) in [6.45, 7) is 6.49. The van der Waals surface area contributed by atoms with Crippen LogP contribution < -0.4 is 10.1 Å². The number of hydrogen-bond donors (Lipinski definition) is 1. The van der Waals surface area contributed by atoms with Gasteiger partial charge in [0.15, 0.2) is 0 Å². The van der Waals surface area contributed by atoms with E-state index in [4.69, 9.17) is 4.74 Å². The normalized spacial score (nSPS) is 12.1. The Kier molecular flexibility index (Phi) is 7.99. The van der Waals surface area contributed by atoms with Crippen LogP contribution in [0.25, 0.3) is 0 Å². The van der Waals surface area contributed by atoms with Gasteiger partial charge < -0.3 is 10.1 Å². The fourth-order valence-electron chi connectivity index (χ4n) is 2.28. The summed E-state index contributed by atoms with van der Waals surface area (Å²) >= 11 is 0. The van der Waals surface area contributed by atoms with Gasteiger partial charge in [0.2, 0.25) is 0 Å². The third kappa shape index (κ3) is 5.93. The second kappa shape index (κ2) is 9.62. The lowest BCUT2D eigenvalue weighted by atomic mass is 10.00. The molecule has 2 nitrogen and oxygen atoms in total. The zero-order valence-corrected chi connectivity index (χ0v) is 12.3. The van der Waals surface area contributed by atoms with Crippen LogP contribution in [0.4, 0.5) is 0 Å². The maximum absolute atomic E-state index is 5.56. The monoisotopic (exact) mass is 261 g/mol. The minimum Gasteiger partial charge on any atom is -0.494 e. The Balaban J connectivity index is 2.48. The molecule has 0 aliphatic rings. The van der Waals surface area contributed by atoms with Crippen LogP contribution in [-0.2, 0) is 0 Å². The van der Waals surface area contributed by atoms with Crippen molar-refractivity contribution in [1.82, 2.24) is 5.32 Å². The Morgan fingerprint density at radius 2 is 2.16 bits per heavy atom. The summed E-state index contributed by atoms with van der Waals surface area (Å²) in [5, 5.41) is 3.40. The zero-order chi connectivity index (χ0) is 13.9. The quantitative estimate of drug-likeness (QED) is 0.495. The standard InChI is InChI=1S/C17H27NO/c1-4-6-7-8-9-13-17(18-3)15-11-10-12-16(14-15)19-5-2/h4,10-12,14,17-18H,1,5-9,13H2,2-3H3. The molecule has 1 N–H and O–H groups in total. The van der Waals surface area contributed by atoms with Crippen molar-refractivity contribution in [3.8, 4) is 5.75 Å². The van der Waals surface area contributed by atoms with Gasteiger partial charge in [0.25, 0.3) is 0 Å². The third-order valence-corrected chi connectivity index (χ3v) is 3.32. The average molecular weight is 261 g/mol. The largest absolute Gasteiger partial charge is 0.494 e. The van der Waals surface area contributed by atoms with E-state index < -0.39 is 0 Å². The van der Waals surface area contributed by atoms with Crippen molar-refractivity contribution in [3.05, 3.63) is 42.5 Å². The zero-order valence-electron chi connectivity index (χ0n) is 12.3. The van der Waals surface area contributed by atoms with Crippen LogP contribution in [0.5, 0.6) is 5.75 Å². The molecule has 19 heavy (non-hydrogen) atoms. The number of hydrogen-bond acceptors (Lipinski definition) is 2. The van der Waals surface area contributed by atoms with E-state index in [1.54, 1.807) is 0 Å². The second-order valence-electron chi connectivity index (χ2n) is 4.77. The summed E-state index contributed by atoms with van der Waals surface area (Å²) in [5.74, 6) is 0.965. The molecule has 0 aliphatic carbocycles. The van der Waals surface area contributed by atoms with Crippen LogP contribution in [-0.4, -0.2) is 13.7 Å². The Hall–Kier alpha value is -1.28. The van der Waals surface area contributed by atoms with Crippen molar-refractivity contribution in [2.24, 2.45) is 0 Å². The second-order valence-corrected chi connectivity index (χ2v) is 4.77. The summed E-state index contributed by atoms with van der Waals surface area (Å²) in [5.41, 5.74) is 1.32. The van der Waals surface area contributed by atoms with E-state index >= 15 is 0 Å². The van der Waals surface area contributed by atoms with E-state index in [2.05, 4.69) is 30.1 Å². The van der Waals surface area contributed by atoms with Gasteiger partial charge in [0.1, 0.15) is 5.75 Å². The van der Waals surface area contributed by atoms with Crippen molar-refractivity contribution < 1.29 is 4.74 Å². The summed E-state index contributed by atoms with van der Waals surface area (Å²) < 4.78 is 5.56. The van der Waals surface area contributed by atoms with Gasteiger partial charge in [-0.2, -0.15) is 0 Å². The molecule has 1 aromatic carbocycles. The van der Waals surface area contributed by atoms with E-state index in [9.17, 15) is 0 Å².